The zero-order valence-electron chi connectivity index (χ0n) is 14.7. The summed E-state index contributed by atoms with van der Waals surface area (Å²) >= 11 is 1.70. The second-order valence-corrected chi connectivity index (χ2v) is 7.29. The van der Waals surface area contributed by atoms with Crippen LogP contribution in [0, 0.1) is 12.8 Å². The minimum Gasteiger partial charge on any atom is -0.356 e. The smallest absolute Gasteiger partial charge is 0.193 e. The molecule has 1 N–H and O–H groups in total. The van der Waals surface area contributed by atoms with Gasteiger partial charge in [-0.05, 0) is 52.2 Å². The Morgan fingerprint density at radius 2 is 2.17 bits per heavy atom. The van der Waals surface area contributed by atoms with Gasteiger partial charge < -0.3 is 15.1 Å². The molecule has 7 heteroatoms. The molecule has 0 unspecified atom stereocenters. The molecule has 23 heavy (non-hydrogen) atoms. The van der Waals surface area contributed by atoms with Crippen LogP contribution in [0.1, 0.15) is 30.0 Å². The number of rotatable bonds is 5. The molecule has 0 spiro atoms. The Bertz CT molecular complexity index is 483. The number of hydrogen-bond acceptors (Lipinski definition) is 4. The number of nitrogens with zero attached hydrogens (tertiary/aromatic N) is 4. The molecule has 1 saturated heterocycles. The average Bonchev–Trinajstić information content (AvgIpc) is 2.90. The third kappa shape index (κ3) is 6.93. The number of hydrogen-bond donors (Lipinski definition) is 1. The SMILES string of the molecule is CN=C(NCCC1CCN(C)CC1)N(C)Cc1csc(C)n1.I. The van der Waals surface area contributed by atoms with Gasteiger partial charge in [0.25, 0.3) is 0 Å². The molecule has 1 aromatic heterocycles. The third-order valence-corrected chi connectivity index (χ3v) is 5.14. The van der Waals surface area contributed by atoms with Gasteiger partial charge in [-0.15, -0.1) is 35.3 Å². The molecule has 132 valence electrons. The molecule has 1 aliphatic heterocycles. The molecule has 0 atom stereocenters. The van der Waals surface area contributed by atoms with E-state index < -0.39 is 0 Å². The zero-order valence-corrected chi connectivity index (χ0v) is 17.9. The van der Waals surface area contributed by atoms with Crippen LogP contribution in [-0.2, 0) is 6.54 Å². The molecular formula is C16H30IN5S. The number of guanidine groups is 1. The maximum absolute atomic E-state index is 4.52. The first-order valence-electron chi connectivity index (χ1n) is 8.10. The maximum atomic E-state index is 4.52. The summed E-state index contributed by atoms with van der Waals surface area (Å²) in [5.74, 6) is 1.81. The molecule has 0 aromatic carbocycles. The predicted octanol–water partition coefficient (Wildman–Crippen LogP) is 2.81. The lowest BCUT2D eigenvalue weighted by atomic mass is 9.94. The molecule has 2 heterocycles. The normalized spacial score (nSPS) is 17.0. The number of thiazole rings is 1. The Morgan fingerprint density at radius 3 is 2.74 bits per heavy atom. The van der Waals surface area contributed by atoms with E-state index in [0.29, 0.717) is 0 Å². The van der Waals surface area contributed by atoms with Crippen molar-refractivity contribution in [3.8, 4) is 0 Å². The van der Waals surface area contributed by atoms with Crippen molar-refractivity contribution in [2.45, 2.75) is 32.7 Å². The van der Waals surface area contributed by atoms with Gasteiger partial charge in [-0.25, -0.2) is 4.98 Å². The van der Waals surface area contributed by atoms with Crippen molar-refractivity contribution in [3.63, 3.8) is 0 Å². The second kappa shape index (κ2) is 10.5. The number of aromatic nitrogens is 1. The van der Waals surface area contributed by atoms with E-state index in [1.54, 1.807) is 11.3 Å². The predicted molar refractivity (Wildman–Crippen MR) is 110 cm³/mol. The van der Waals surface area contributed by atoms with Gasteiger partial charge in [0.15, 0.2) is 5.96 Å². The summed E-state index contributed by atoms with van der Waals surface area (Å²) in [6.07, 6.45) is 3.88. The van der Waals surface area contributed by atoms with Crippen LogP contribution in [-0.4, -0.2) is 61.5 Å². The summed E-state index contributed by atoms with van der Waals surface area (Å²) < 4.78 is 0. The van der Waals surface area contributed by atoms with E-state index in [9.17, 15) is 0 Å². The van der Waals surface area contributed by atoms with E-state index in [4.69, 9.17) is 0 Å². The van der Waals surface area contributed by atoms with Crippen LogP contribution in [0.5, 0.6) is 0 Å². The molecule has 0 radical (unpaired) electrons. The van der Waals surface area contributed by atoms with Crippen molar-refractivity contribution in [3.05, 3.63) is 16.1 Å². The van der Waals surface area contributed by atoms with Gasteiger partial charge in [-0.2, -0.15) is 0 Å². The quantitative estimate of drug-likeness (QED) is 0.425. The number of aryl methyl sites for hydroxylation is 1. The van der Waals surface area contributed by atoms with Crippen molar-refractivity contribution in [2.75, 3.05) is 40.8 Å². The van der Waals surface area contributed by atoms with E-state index in [2.05, 4.69) is 44.6 Å². The highest BCUT2D eigenvalue weighted by atomic mass is 127. The Kier molecular flexibility index (Phi) is 9.38. The van der Waals surface area contributed by atoms with E-state index in [-0.39, 0.29) is 24.0 Å². The van der Waals surface area contributed by atoms with Crippen LogP contribution < -0.4 is 5.32 Å². The third-order valence-electron chi connectivity index (χ3n) is 4.31. The fourth-order valence-corrected chi connectivity index (χ4v) is 3.53. The van der Waals surface area contributed by atoms with Crippen molar-refractivity contribution in [2.24, 2.45) is 10.9 Å². The van der Waals surface area contributed by atoms with Gasteiger partial charge in [0.05, 0.1) is 17.2 Å². The highest BCUT2D eigenvalue weighted by Crippen LogP contribution is 2.18. The van der Waals surface area contributed by atoms with Crippen LogP contribution in [0.4, 0.5) is 0 Å². The minimum absolute atomic E-state index is 0. The van der Waals surface area contributed by atoms with Crippen LogP contribution in [0.3, 0.4) is 0 Å². The lowest BCUT2D eigenvalue weighted by molar-refractivity contribution is 0.212. The Hall–Kier alpha value is -0.410. The van der Waals surface area contributed by atoms with Crippen molar-refractivity contribution in [1.82, 2.24) is 20.1 Å². The van der Waals surface area contributed by atoms with Crippen molar-refractivity contribution >= 4 is 41.3 Å². The Morgan fingerprint density at radius 1 is 1.48 bits per heavy atom. The molecular weight excluding hydrogens is 421 g/mol. The topological polar surface area (TPSA) is 43.8 Å². The van der Waals surface area contributed by atoms with E-state index in [1.165, 1.54) is 32.4 Å². The van der Waals surface area contributed by atoms with Gasteiger partial charge in [0.2, 0.25) is 0 Å². The molecule has 1 aromatic rings. The number of halogens is 1. The number of piperidine rings is 1. The fraction of sp³-hybridized carbons (Fsp3) is 0.750. The molecule has 5 nitrogen and oxygen atoms in total. The van der Waals surface area contributed by atoms with Crippen LogP contribution in [0.15, 0.2) is 10.4 Å². The molecule has 1 aliphatic rings. The number of nitrogens with one attached hydrogen (secondary N) is 1. The number of aliphatic imine (C=N–C) groups is 1. The standard InChI is InChI=1S/C16H29N5S.HI/c1-13-19-15(12-22-13)11-21(4)16(17-2)18-8-5-14-6-9-20(3)10-7-14;/h12,14H,5-11H2,1-4H3,(H,17,18);1H. The summed E-state index contributed by atoms with van der Waals surface area (Å²) in [6, 6.07) is 0. The van der Waals surface area contributed by atoms with Gasteiger partial charge in [-0.3, -0.25) is 4.99 Å². The molecule has 0 saturated carbocycles. The van der Waals surface area contributed by atoms with Crippen molar-refractivity contribution in [1.29, 1.82) is 0 Å². The van der Waals surface area contributed by atoms with E-state index in [1.807, 2.05) is 14.0 Å². The lowest BCUT2D eigenvalue weighted by Crippen LogP contribution is -2.40. The van der Waals surface area contributed by atoms with Crippen LogP contribution in [0.2, 0.25) is 0 Å². The summed E-state index contributed by atoms with van der Waals surface area (Å²) in [7, 11) is 6.13. The lowest BCUT2D eigenvalue weighted by Gasteiger charge is -2.29. The van der Waals surface area contributed by atoms with Gasteiger partial charge in [0, 0.05) is 26.0 Å². The fourth-order valence-electron chi connectivity index (χ4n) is 2.92. The summed E-state index contributed by atoms with van der Waals surface area (Å²) in [4.78, 5) is 13.5. The second-order valence-electron chi connectivity index (χ2n) is 6.22. The molecule has 0 bridgehead atoms. The first kappa shape index (κ1) is 20.6. The van der Waals surface area contributed by atoms with E-state index >= 15 is 0 Å². The first-order valence-corrected chi connectivity index (χ1v) is 8.97. The van der Waals surface area contributed by atoms with Crippen molar-refractivity contribution < 1.29 is 0 Å². The molecule has 2 rings (SSSR count). The Balaban J connectivity index is 0.00000264. The molecule has 0 aliphatic carbocycles. The number of likely N-dealkylation sites (tertiary alicyclic amines) is 1. The summed E-state index contributed by atoms with van der Waals surface area (Å²) in [6.45, 7) is 6.33. The van der Waals surface area contributed by atoms with Gasteiger partial charge in [-0.1, -0.05) is 0 Å². The zero-order chi connectivity index (χ0) is 15.9. The summed E-state index contributed by atoms with van der Waals surface area (Å²) in [5, 5.41) is 6.73. The maximum Gasteiger partial charge on any atom is 0.193 e. The highest BCUT2D eigenvalue weighted by Gasteiger charge is 2.16. The Labute approximate surface area is 161 Å². The highest BCUT2D eigenvalue weighted by molar-refractivity contribution is 14.0. The van der Waals surface area contributed by atoms with Crippen LogP contribution >= 0.6 is 35.3 Å². The largest absolute Gasteiger partial charge is 0.356 e. The minimum atomic E-state index is 0. The monoisotopic (exact) mass is 451 g/mol. The molecule has 0 amide bonds. The van der Waals surface area contributed by atoms with Crippen LogP contribution in [0.25, 0.3) is 0 Å². The summed E-state index contributed by atoms with van der Waals surface area (Å²) in [5.41, 5.74) is 1.11. The van der Waals surface area contributed by atoms with E-state index in [0.717, 1.165) is 35.7 Å². The van der Waals surface area contributed by atoms with Gasteiger partial charge in [0.1, 0.15) is 0 Å². The van der Waals surface area contributed by atoms with Gasteiger partial charge >= 0.3 is 0 Å². The molecule has 1 fully saturated rings. The first-order chi connectivity index (χ1) is 10.6. The average molecular weight is 451 g/mol.